The van der Waals surface area contributed by atoms with Gasteiger partial charge in [-0.2, -0.15) is 0 Å². The molecule has 1 heterocycles. The van der Waals surface area contributed by atoms with Crippen LogP contribution in [-0.4, -0.2) is 0 Å². The van der Waals surface area contributed by atoms with Crippen molar-refractivity contribution >= 4 is 39.0 Å². The highest BCUT2D eigenvalue weighted by Crippen LogP contribution is 2.52. The number of benzene rings is 8. The van der Waals surface area contributed by atoms with E-state index in [1.54, 1.807) is 0 Å². The number of anilines is 3. The largest absolute Gasteiger partial charge is 0.456 e. The zero-order valence-electron chi connectivity index (χ0n) is 29.8. The molecule has 8 aromatic carbocycles. The van der Waals surface area contributed by atoms with Gasteiger partial charge in [0.15, 0.2) is 0 Å². The Balaban J connectivity index is 1.05. The lowest BCUT2D eigenvalue weighted by atomic mass is 9.81. The van der Waals surface area contributed by atoms with E-state index in [-0.39, 0.29) is 5.41 Å². The third-order valence-electron chi connectivity index (χ3n) is 11.1. The summed E-state index contributed by atoms with van der Waals surface area (Å²) in [4.78, 5) is 2.36. The third kappa shape index (κ3) is 5.26. The van der Waals surface area contributed by atoms with Crippen molar-refractivity contribution in [2.24, 2.45) is 0 Å². The van der Waals surface area contributed by atoms with Crippen LogP contribution in [0, 0.1) is 0 Å². The maximum Gasteiger partial charge on any atom is 0.136 e. The highest BCUT2D eigenvalue weighted by atomic mass is 16.3. The van der Waals surface area contributed by atoms with E-state index in [9.17, 15) is 0 Å². The van der Waals surface area contributed by atoms with Gasteiger partial charge in [0.25, 0.3) is 0 Å². The van der Waals surface area contributed by atoms with Crippen molar-refractivity contribution in [2.45, 2.75) is 19.3 Å². The molecular weight excluding hydrogens is 643 g/mol. The fraction of sp³-hybridized carbons (Fsp3) is 0.0588. The molecule has 1 aliphatic rings. The number of para-hydroxylation sites is 1. The zero-order chi connectivity index (χ0) is 35.5. The minimum absolute atomic E-state index is 0.155. The van der Waals surface area contributed by atoms with Crippen molar-refractivity contribution in [3.63, 3.8) is 0 Å². The van der Waals surface area contributed by atoms with Gasteiger partial charge < -0.3 is 9.32 Å². The van der Waals surface area contributed by atoms with Crippen LogP contribution in [0.25, 0.3) is 66.4 Å². The number of hydrogen-bond donors (Lipinski definition) is 0. The van der Waals surface area contributed by atoms with Crippen molar-refractivity contribution in [2.75, 3.05) is 4.90 Å². The highest BCUT2D eigenvalue weighted by Gasteiger charge is 2.36. The normalized spacial score (nSPS) is 12.9. The smallest absolute Gasteiger partial charge is 0.136 e. The second-order valence-corrected chi connectivity index (χ2v) is 14.6. The number of rotatable bonds is 6. The van der Waals surface area contributed by atoms with E-state index in [4.69, 9.17) is 4.42 Å². The van der Waals surface area contributed by atoms with Crippen molar-refractivity contribution < 1.29 is 4.42 Å². The Morgan fingerprint density at radius 3 is 1.55 bits per heavy atom. The zero-order valence-corrected chi connectivity index (χ0v) is 29.8. The summed E-state index contributed by atoms with van der Waals surface area (Å²) in [5, 5.41) is 2.35. The lowest BCUT2D eigenvalue weighted by Crippen LogP contribution is -2.15. The average molecular weight is 680 g/mol. The van der Waals surface area contributed by atoms with Crippen LogP contribution in [0.3, 0.4) is 0 Å². The van der Waals surface area contributed by atoms with Crippen LogP contribution in [-0.2, 0) is 5.41 Å². The Bertz CT molecular complexity index is 2690. The van der Waals surface area contributed by atoms with Gasteiger partial charge in [-0.15, -0.1) is 0 Å². The average Bonchev–Trinajstić information content (AvgIpc) is 3.69. The first kappa shape index (κ1) is 31.1. The lowest BCUT2D eigenvalue weighted by molar-refractivity contribution is 0.658. The number of nitrogens with zero attached hydrogens (tertiary/aromatic N) is 1. The maximum absolute atomic E-state index is 6.32. The second kappa shape index (κ2) is 12.3. The van der Waals surface area contributed by atoms with E-state index in [1.807, 2.05) is 6.07 Å². The second-order valence-electron chi connectivity index (χ2n) is 14.6. The molecule has 2 nitrogen and oxygen atoms in total. The summed E-state index contributed by atoms with van der Waals surface area (Å²) in [6.45, 7) is 4.71. The van der Waals surface area contributed by atoms with Gasteiger partial charge in [-0.25, -0.2) is 0 Å². The van der Waals surface area contributed by atoms with Crippen molar-refractivity contribution in [1.82, 2.24) is 0 Å². The van der Waals surface area contributed by atoms with Gasteiger partial charge in [0.05, 0.1) is 0 Å². The molecule has 1 aromatic heterocycles. The van der Waals surface area contributed by atoms with Crippen LogP contribution in [0.1, 0.15) is 25.0 Å². The quantitative estimate of drug-likeness (QED) is 0.174. The topological polar surface area (TPSA) is 16.4 Å². The molecule has 0 radical (unpaired) electrons. The fourth-order valence-electron chi connectivity index (χ4n) is 8.27. The molecule has 0 fully saturated rings. The number of hydrogen-bond acceptors (Lipinski definition) is 2. The van der Waals surface area contributed by atoms with Gasteiger partial charge in [-0.05, 0) is 116 Å². The van der Waals surface area contributed by atoms with Gasteiger partial charge in [-0.1, -0.05) is 141 Å². The monoisotopic (exact) mass is 679 g/mol. The van der Waals surface area contributed by atoms with Crippen LogP contribution in [0.15, 0.2) is 192 Å². The summed E-state index contributed by atoms with van der Waals surface area (Å²) in [6.07, 6.45) is 0. The molecule has 0 aliphatic heterocycles. The van der Waals surface area contributed by atoms with Crippen LogP contribution < -0.4 is 4.90 Å². The van der Waals surface area contributed by atoms with Crippen molar-refractivity contribution in [3.8, 4) is 44.5 Å². The van der Waals surface area contributed by atoms with E-state index in [0.717, 1.165) is 28.2 Å². The van der Waals surface area contributed by atoms with Gasteiger partial charge in [0.1, 0.15) is 11.2 Å². The highest BCUT2D eigenvalue weighted by molar-refractivity contribution is 6.07. The molecule has 53 heavy (non-hydrogen) atoms. The number of furan rings is 1. The molecule has 0 unspecified atom stereocenters. The van der Waals surface area contributed by atoms with E-state index < -0.39 is 0 Å². The summed E-state index contributed by atoms with van der Waals surface area (Å²) >= 11 is 0. The molecule has 0 bridgehead atoms. The standard InChI is InChI=1S/C51H37NO/c1-51(2)47-31-39(24-29-43(47)45-33-50-46(32-48(45)51)44-18-9-10-19-49(44)53-50)38-16-11-17-42(30-38)52(40-25-20-36(21-26-40)34-12-5-3-6-13-34)41-27-22-37(23-28-41)35-14-7-4-8-15-35/h3-33H,1-2H3. The Hall–Kier alpha value is -6.64. The molecule has 10 rings (SSSR count). The van der Waals surface area contributed by atoms with E-state index in [0.29, 0.717) is 0 Å². The van der Waals surface area contributed by atoms with Gasteiger partial charge in [0.2, 0.25) is 0 Å². The minimum atomic E-state index is -0.155. The van der Waals surface area contributed by atoms with Crippen molar-refractivity contribution in [3.05, 3.63) is 199 Å². The molecule has 1 aliphatic carbocycles. The van der Waals surface area contributed by atoms with E-state index in [1.165, 1.54) is 66.4 Å². The van der Waals surface area contributed by atoms with Gasteiger partial charge >= 0.3 is 0 Å². The molecule has 0 atom stereocenters. The van der Waals surface area contributed by atoms with Crippen LogP contribution in [0.2, 0.25) is 0 Å². The van der Waals surface area contributed by atoms with Crippen LogP contribution in [0.5, 0.6) is 0 Å². The first-order chi connectivity index (χ1) is 26.0. The molecule has 0 saturated heterocycles. The molecule has 0 N–H and O–H groups in total. The van der Waals surface area contributed by atoms with E-state index >= 15 is 0 Å². The molecule has 0 amide bonds. The predicted octanol–water partition coefficient (Wildman–Crippen LogP) is 14.4. The minimum Gasteiger partial charge on any atom is -0.456 e. The molecule has 9 aromatic rings. The predicted molar refractivity (Wildman–Crippen MR) is 222 cm³/mol. The Morgan fingerprint density at radius 1 is 0.358 bits per heavy atom. The lowest BCUT2D eigenvalue weighted by Gasteiger charge is -2.27. The summed E-state index contributed by atoms with van der Waals surface area (Å²) < 4.78 is 6.32. The molecule has 2 heteroatoms. The van der Waals surface area contributed by atoms with Crippen LogP contribution in [0.4, 0.5) is 17.1 Å². The molecule has 252 valence electrons. The Kier molecular flexibility index (Phi) is 7.19. The van der Waals surface area contributed by atoms with Crippen molar-refractivity contribution in [1.29, 1.82) is 0 Å². The maximum atomic E-state index is 6.32. The van der Waals surface area contributed by atoms with E-state index in [2.05, 4.69) is 201 Å². The molecule has 0 saturated carbocycles. The SMILES string of the molecule is CC1(C)c2cc(-c3cccc(N(c4ccc(-c5ccccc5)cc4)c4ccc(-c5ccccc5)cc4)c3)ccc2-c2cc3oc4ccccc4c3cc21. The van der Waals surface area contributed by atoms with Gasteiger partial charge in [-0.3, -0.25) is 0 Å². The summed E-state index contributed by atoms with van der Waals surface area (Å²) in [6, 6.07) is 67.8. The third-order valence-corrected chi connectivity index (χ3v) is 11.1. The Labute approximate surface area is 310 Å². The number of fused-ring (bicyclic) bond motifs is 6. The van der Waals surface area contributed by atoms with Gasteiger partial charge in [0, 0.05) is 33.2 Å². The van der Waals surface area contributed by atoms with Crippen LogP contribution >= 0.6 is 0 Å². The first-order valence-electron chi connectivity index (χ1n) is 18.3. The summed E-state index contributed by atoms with van der Waals surface area (Å²) in [5.41, 5.74) is 17.5. The molecule has 0 spiro atoms. The Morgan fingerprint density at radius 2 is 0.887 bits per heavy atom. The first-order valence-corrected chi connectivity index (χ1v) is 18.3. The molecular formula is C51H37NO. The summed E-state index contributed by atoms with van der Waals surface area (Å²) in [5.74, 6) is 0. The summed E-state index contributed by atoms with van der Waals surface area (Å²) in [7, 11) is 0. The fourth-order valence-corrected chi connectivity index (χ4v) is 8.27.